The predicted octanol–water partition coefficient (Wildman–Crippen LogP) is 1.30. The Morgan fingerprint density at radius 3 is 1.86 bits per heavy atom. The van der Waals surface area contributed by atoms with Crippen molar-refractivity contribution in [3.8, 4) is 0 Å². The van der Waals surface area contributed by atoms with Gasteiger partial charge in [-0.2, -0.15) is 13.2 Å². The maximum atomic E-state index is 10.6. The normalized spacial score (nSPS) is 9.93. The number of hydrogen-bond donors (Lipinski definition) is 2. The van der Waals surface area contributed by atoms with E-state index >= 15 is 0 Å². The fourth-order valence-electron chi connectivity index (χ4n) is 0.363. The Labute approximate surface area is 77.2 Å². The van der Waals surface area contributed by atoms with Crippen molar-refractivity contribution in [2.45, 2.75) is 6.18 Å². The highest BCUT2D eigenvalue weighted by Crippen LogP contribution is 2.13. The van der Waals surface area contributed by atoms with E-state index in [1.54, 1.807) is 24.5 Å². The largest absolute Gasteiger partial charge is 0.490 e. The molecule has 0 atom stereocenters. The summed E-state index contributed by atoms with van der Waals surface area (Å²) in [5, 5.41) is 7.12. The molecule has 0 aliphatic rings. The molecule has 0 unspecified atom stereocenters. The van der Waals surface area contributed by atoms with Gasteiger partial charge in [-0.1, -0.05) is 0 Å². The topological polar surface area (TPSA) is 76.2 Å². The number of nitrogen functional groups attached to an aromatic ring is 1. The second-order valence-electron chi connectivity index (χ2n) is 2.08. The van der Waals surface area contributed by atoms with Gasteiger partial charge < -0.3 is 10.8 Å². The minimum Gasteiger partial charge on any atom is -0.475 e. The van der Waals surface area contributed by atoms with Crippen molar-refractivity contribution in [3.05, 3.63) is 24.5 Å². The molecule has 78 valence electrons. The molecular formula is C7H7F3N2O2. The monoisotopic (exact) mass is 208 g/mol. The van der Waals surface area contributed by atoms with Gasteiger partial charge in [0.05, 0.1) is 0 Å². The maximum Gasteiger partial charge on any atom is 0.490 e. The van der Waals surface area contributed by atoms with Gasteiger partial charge in [0.1, 0.15) is 0 Å². The summed E-state index contributed by atoms with van der Waals surface area (Å²) in [6, 6.07) is 3.50. The summed E-state index contributed by atoms with van der Waals surface area (Å²) in [5.41, 5.74) is 6.08. The molecule has 0 saturated heterocycles. The number of pyridine rings is 1. The zero-order chi connectivity index (χ0) is 11.2. The summed E-state index contributed by atoms with van der Waals surface area (Å²) in [5.74, 6) is -2.76. The second kappa shape index (κ2) is 5.05. The molecule has 0 aliphatic heterocycles. The average molecular weight is 208 g/mol. The average Bonchev–Trinajstić information content (AvgIpc) is 2.04. The molecule has 0 spiro atoms. The summed E-state index contributed by atoms with van der Waals surface area (Å²) < 4.78 is 31.7. The fraction of sp³-hybridized carbons (Fsp3) is 0.143. The number of carbonyl (C=O) groups is 1. The van der Waals surface area contributed by atoms with Crippen LogP contribution in [0.2, 0.25) is 0 Å². The first-order valence-corrected chi connectivity index (χ1v) is 3.29. The highest BCUT2D eigenvalue weighted by Gasteiger charge is 2.38. The van der Waals surface area contributed by atoms with Crippen molar-refractivity contribution in [2.24, 2.45) is 0 Å². The van der Waals surface area contributed by atoms with Gasteiger partial charge in [0.2, 0.25) is 0 Å². The first-order chi connectivity index (χ1) is 6.34. The zero-order valence-corrected chi connectivity index (χ0v) is 6.82. The number of halogens is 3. The van der Waals surface area contributed by atoms with Gasteiger partial charge in [-0.25, -0.2) is 4.79 Å². The number of alkyl halides is 3. The molecule has 7 heteroatoms. The second-order valence-corrected chi connectivity index (χ2v) is 2.08. The molecule has 0 saturated carbocycles. The Kier molecular flexibility index (Phi) is 4.41. The maximum absolute atomic E-state index is 10.6. The van der Waals surface area contributed by atoms with E-state index < -0.39 is 12.1 Å². The molecule has 0 aromatic carbocycles. The molecule has 0 amide bonds. The minimum absolute atomic E-state index is 0.759. The van der Waals surface area contributed by atoms with Crippen LogP contribution in [0.4, 0.5) is 18.9 Å². The van der Waals surface area contributed by atoms with E-state index in [-0.39, 0.29) is 0 Å². The third-order valence-electron chi connectivity index (χ3n) is 0.949. The van der Waals surface area contributed by atoms with E-state index in [4.69, 9.17) is 15.6 Å². The third-order valence-corrected chi connectivity index (χ3v) is 0.949. The molecular weight excluding hydrogens is 201 g/mol. The lowest BCUT2D eigenvalue weighted by Gasteiger charge is -1.93. The lowest BCUT2D eigenvalue weighted by Crippen LogP contribution is -2.21. The van der Waals surface area contributed by atoms with E-state index in [9.17, 15) is 13.2 Å². The van der Waals surface area contributed by atoms with Gasteiger partial charge in [0.25, 0.3) is 0 Å². The number of anilines is 1. The number of aliphatic carboxylic acids is 1. The number of hydrogen-bond acceptors (Lipinski definition) is 3. The fourth-order valence-corrected chi connectivity index (χ4v) is 0.363. The van der Waals surface area contributed by atoms with Crippen molar-refractivity contribution in [1.82, 2.24) is 4.98 Å². The van der Waals surface area contributed by atoms with Gasteiger partial charge in [-0.3, -0.25) is 4.98 Å². The number of nitrogens with zero attached hydrogens (tertiary/aromatic N) is 1. The van der Waals surface area contributed by atoms with Crippen LogP contribution in [0.1, 0.15) is 0 Å². The van der Waals surface area contributed by atoms with Crippen LogP contribution in [-0.2, 0) is 4.79 Å². The van der Waals surface area contributed by atoms with Crippen molar-refractivity contribution >= 4 is 11.7 Å². The summed E-state index contributed by atoms with van der Waals surface area (Å²) in [7, 11) is 0. The minimum atomic E-state index is -5.08. The van der Waals surface area contributed by atoms with Crippen molar-refractivity contribution < 1.29 is 23.1 Å². The summed E-state index contributed by atoms with van der Waals surface area (Å²) in [6.07, 6.45) is -1.76. The van der Waals surface area contributed by atoms with Crippen LogP contribution < -0.4 is 5.73 Å². The molecule has 1 heterocycles. The Balaban J connectivity index is 0.000000241. The molecule has 1 rings (SSSR count). The quantitative estimate of drug-likeness (QED) is 0.673. The van der Waals surface area contributed by atoms with Crippen LogP contribution in [0, 0.1) is 0 Å². The predicted molar refractivity (Wildman–Crippen MR) is 42.3 cm³/mol. The molecule has 0 aliphatic carbocycles. The van der Waals surface area contributed by atoms with Gasteiger partial charge in [0.15, 0.2) is 0 Å². The number of aromatic nitrogens is 1. The first kappa shape index (κ1) is 12.2. The number of carboxylic acid groups (broad SMARTS) is 1. The van der Waals surface area contributed by atoms with Crippen molar-refractivity contribution in [1.29, 1.82) is 0 Å². The van der Waals surface area contributed by atoms with E-state index in [0.717, 1.165) is 5.69 Å². The Morgan fingerprint density at radius 1 is 1.36 bits per heavy atom. The zero-order valence-electron chi connectivity index (χ0n) is 6.82. The van der Waals surface area contributed by atoms with Gasteiger partial charge >= 0.3 is 12.1 Å². The molecule has 14 heavy (non-hydrogen) atoms. The van der Waals surface area contributed by atoms with E-state index in [0.29, 0.717) is 0 Å². The lowest BCUT2D eigenvalue weighted by molar-refractivity contribution is -0.192. The third kappa shape index (κ3) is 5.81. The number of rotatable bonds is 0. The Morgan fingerprint density at radius 2 is 1.71 bits per heavy atom. The summed E-state index contributed by atoms with van der Waals surface area (Å²) in [6.45, 7) is 0. The van der Waals surface area contributed by atoms with Crippen LogP contribution in [0.3, 0.4) is 0 Å². The molecule has 0 bridgehead atoms. The Bertz CT molecular complexity index is 287. The number of carboxylic acids is 1. The highest BCUT2D eigenvalue weighted by molar-refractivity contribution is 5.73. The van der Waals surface area contributed by atoms with Gasteiger partial charge in [0, 0.05) is 18.1 Å². The smallest absolute Gasteiger partial charge is 0.475 e. The van der Waals surface area contributed by atoms with Crippen LogP contribution in [0.5, 0.6) is 0 Å². The van der Waals surface area contributed by atoms with E-state index in [1.165, 1.54) is 0 Å². The summed E-state index contributed by atoms with van der Waals surface area (Å²) in [4.78, 5) is 12.7. The van der Waals surface area contributed by atoms with Crippen molar-refractivity contribution in [2.75, 3.05) is 5.73 Å². The van der Waals surface area contributed by atoms with Crippen LogP contribution >= 0.6 is 0 Å². The SMILES string of the molecule is Nc1ccncc1.O=C(O)C(F)(F)F. The lowest BCUT2D eigenvalue weighted by atomic mass is 10.4. The molecule has 4 nitrogen and oxygen atoms in total. The highest BCUT2D eigenvalue weighted by atomic mass is 19.4. The standard InChI is InChI=1S/C5H6N2.C2HF3O2/c6-5-1-3-7-4-2-5;3-2(4,5)1(6)7/h1-4H,(H2,6,7);(H,6,7). The molecule has 3 N–H and O–H groups in total. The van der Waals surface area contributed by atoms with Crippen LogP contribution in [-0.4, -0.2) is 22.2 Å². The van der Waals surface area contributed by atoms with Gasteiger partial charge in [-0.15, -0.1) is 0 Å². The molecule has 0 fully saturated rings. The van der Waals surface area contributed by atoms with Gasteiger partial charge in [-0.05, 0) is 12.1 Å². The Hall–Kier alpha value is -1.79. The number of nitrogens with two attached hydrogens (primary N) is 1. The van der Waals surface area contributed by atoms with Crippen LogP contribution in [0.15, 0.2) is 24.5 Å². The van der Waals surface area contributed by atoms with E-state index in [2.05, 4.69) is 4.98 Å². The first-order valence-electron chi connectivity index (χ1n) is 3.29. The molecule has 0 radical (unpaired) electrons. The van der Waals surface area contributed by atoms with E-state index in [1.807, 2.05) is 0 Å². The molecule has 1 aromatic heterocycles. The molecule has 1 aromatic rings. The summed E-state index contributed by atoms with van der Waals surface area (Å²) >= 11 is 0. The van der Waals surface area contributed by atoms with Crippen molar-refractivity contribution in [3.63, 3.8) is 0 Å². The van der Waals surface area contributed by atoms with Crippen LogP contribution in [0.25, 0.3) is 0 Å².